The van der Waals surface area contributed by atoms with Crippen molar-refractivity contribution in [2.24, 2.45) is 0 Å². The smallest absolute Gasteiger partial charge is 0.132 e. The van der Waals surface area contributed by atoms with Crippen molar-refractivity contribution in [3.8, 4) is 0 Å². The van der Waals surface area contributed by atoms with E-state index < -0.39 is 0 Å². The average molecular weight is 107 g/mol. The van der Waals surface area contributed by atoms with Gasteiger partial charge in [0.2, 0.25) is 0 Å². The second-order valence-electron chi connectivity index (χ2n) is 1.39. The molecule has 1 aliphatic heterocycles. The summed E-state index contributed by atoms with van der Waals surface area (Å²) < 4.78 is 0. The summed E-state index contributed by atoms with van der Waals surface area (Å²) in [6.07, 6.45) is 6.68. The van der Waals surface area contributed by atoms with Crippen LogP contribution in [0.3, 0.4) is 0 Å². The van der Waals surface area contributed by atoms with Gasteiger partial charge < -0.3 is 5.32 Å². The molecule has 8 heavy (non-hydrogen) atoms. The van der Waals surface area contributed by atoms with Crippen molar-refractivity contribution in [3.05, 3.63) is 30.1 Å². The number of allylic oxidation sites excluding steroid dienone is 3. The summed E-state index contributed by atoms with van der Waals surface area (Å²) in [5.41, 5.74) is 0.573. The summed E-state index contributed by atoms with van der Waals surface area (Å²) >= 11 is 0. The molecule has 2 nitrogen and oxygen atoms in total. The molecule has 0 aromatic carbocycles. The summed E-state index contributed by atoms with van der Waals surface area (Å²) in [5, 5.41) is 2.79. The quantitative estimate of drug-likeness (QED) is 0.453. The van der Waals surface area contributed by atoms with Crippen LogP contribution in [0.5, 0.6) is 0 Å². The van der Waals surface area contributed by atoms with E-state index in [1.165, 1.54) is 0 Å². The van der Waals surface area contributed by atoms with Gasteiger partial charge in [-0.25, -0.2) is 4.79 Å². The van der Waals surface area contributed by atoms with Crippen LogP contribution >= 0.6 is 0 Å². The van der Waals surface area contributed by atoms with Gasteiger partial charge in [-0.2, -0.15) is 0 Å². The van der Waals surface area contributed by atoms with E-state index in [2.05, 4.69) is 5.32 Å². The lowest BCUT2D eigenvalue weighted by atomic mass is 10.2. The summed E-state index contributed by atoms with van der Waals surface area (Å²) in [6, 6.07) is 0. The Hall–Kier alpha value is -1.27. The lowest BCUT2D eigenvalue weighted by Gasteiger charge is -1.94. The number of hydrogen-bond donors (Lipinski definition) is 1. The third kappa shape index (κ3) is 0.863. The van der Waals surface area contributed by atoms with Crippen molar-refractivity contribution >= 4 is 5.94 Å². The fourth-order valence-electron chi connectivity index (χ4n) is 0.455. The molecule has 0 spiro atoms. The number of carbonyl (C=O) groups excluding carboxylic acids is 1. The molecule has 0 radical (unpaired) electrons. The lowest BCUT2D eigenvalue weighted by molar-refractivity contribution is 0.568. The second-order valence-corrected chi connectivity index (χ2v) is 1.39. The molecule has 0 amide bonds. The third-order valence-corrected chi connectivity index (χ3v) is 0.836. The molecule has 1 rings (SSSR count). The predicted molar refractivity (Wildman–Crippen MR) is 30.6 cm³/mol. The zero-order chi connectivity index (χ0) is 5.82. The molecule has 1 aliphatic rings. The molecule has 1 N–H and O–H groups in total. The van der Waals surface area contributed by atoms with Crippen LogP contribution in [0.1, 0.15) is 0 Å². The first-order chi connectivity index (χ1) is 3.93. The molecule has 0 aromatic rings. The van der Waals surface area contributed by atoms with Gasteiger partial charge in [-0.15, -0.1) is 0 Å². The fraction of sp³-hybridized carbons (Fsp3) is 0. The maximum Gasteiger partial charge on any atom is 0.132 e. The van der Waals surface area contributed by atoms with Crippen LogP contribution in [0.15, 0.2) is 30.1 Å². The van der Waals surface area contributed by atoms with Crippen LogP contribution in [0.2, 0.25) is 0 Å². The normalized spacial score (nSPS) is 15.2. The first kappa shape index (κ1) is 4.88. The van der Waals surface area contributed by atoms with Gasteiger partial charge in [0.25, 0.3) is 0 Å². The summed E-state index contributed by atoms with van der Waals surface area (Å²) in [5.74, 6) is 1.76. The molecular weight excluding hydrogens is 102 g/mol. The lowest BCUT2D eigenvalue weighted by Crippen LogP contribution is -1.96. The van der Waals surface area contributed by atoms with Gasteiger partial charge in [-0.3, -0.25) is 0 Å². The summed E-state index contributed by atoms with van der Waals surface area (Å²) in [6.45, 7) is 0. The monoisotopic (exact) mass is 107 g/mol. The Bertz CT molecular complexity index is 171. The minimum atomic E-state index is 0.573. The molecule has 0 unspecified atom stereocenters. The van der Waals surface area contributed by atoms with Crippen molar-refractivity contribution < 1.29 is 4.79 Å². The SMILES string of the molecule is O=C=C1C=CNC=C1. The topological polar surface area (TPSA) is 29.1 Å². The third-order valence-electron chi connectivity index (χ3n) is 0.836. The fourth-order valence-corrected chi connectivity index (χ4v) is 0.455. The standard InChI is InChI=1S/C6H5NO/c8-5-6-1-3-7-4-2-6/h1-4,7H. The van der Waals surface area contributed by atoms with Gasteiger partial charge in [-0.1, -0.05) is 0 Å². The molecule has 0 bridgehead atoms. The minimum absolute atomic E-state index is 0.573. The number of rotatable bonds is 0. The number of nitrogens with one attached hydrogen (secondary N) is 1. The second kappa shape index (κ2) is 2.15. The van der Waals surface area contributed by atoms with Crippen LogP contribution in [0, 0.1) is 0 Å². The molecule has 1 heterocycles. The predicted octanol–water partition coefficient (Wildman–Crippen LogP) is 0.375. The largest absolute Gasteiger partial charge is 0.368 e. The van der Waals surface area contributed by atoms with Gasteiger partial charge >= 0.3 is 0 Å². The van der Waals surface area contributed by atoms with E-state index in [-0.39, 0.29) is 0 Å². The van der Waals surface area contributed by atoms with E-state index in [1.807, 2.05) is 0 Å². The molecule has 0 saturated heterocycles. The van der Waals surface area contributed by atoms with E-state index in [4.69, 9.17) is 0 Å². The van der Waals surface area contributed by atoms with E-state index in [0.717, 1.165) is 0 Å². The van der Waals surface area contributed by atoms with Crippen LogP contribution in [-0.2, 0) is 4.79 Å². The average Bonchev–Trinajstić information content (AvgIpc) is 1.90. The van der Waals surface area contributed by atoms with Gasteiger partial charge in [0.15, 0.2) is 0 Å². The first-order valence-corrected chi connectivity index (χ1v) is 2.28. The molecule has 0 atom stereocenters. The highest BCUT2D eigenvalue weighted by molar-refractivity contribution is 5.62. The van der Waals surface area contributed by atoms with Crippen LogP contribution in [0.25, 0.3) is 0 Å². The van der Waals surface area contributed by atoms with E-state index in [9.17, 15) is 4.79 Å². The van der Waals surface area contributed by atoms with E-state index in [1.54, 1.807) is 30.5 Å². The molecule has 0 aromatic heterocycles. The van der Waals surface area contributed by atoms with Gasteiger partial charge in [0, 0.05) is 12.4 Å². The number of hydrogen-bond acceptors (Lipinski definition) is 2. The highest BCUT2D eigenvalue weighted by atomic mass is 16.1. The van der Waals surface area contributed by atoms with Crippen molar-refractivity contribution in [1.82, 2.24) is 5.32 Å². The highest BCUT2D eigenvalue weighted by Crippen LogP contribution is 1.95. The van der Waals surface area contributed by atoms with Crippen molar-refractivity contribution in [2.75, 3.05) is 0 Å². The maximum absolute atomic E-state index is 9.87. The Morgan fingerprint density at radius 3 is 2.38 bits per heavy atom. The zero-order valence-electron chi connectivity index (χ0n) is 4.22. The zero-order valence-corrected chi connectivity index (χ0v) is 4.22. The summed E-state index contributed by atoms with van der Waals surface area (Å²) in [7, 11) is 0. The maximum atomic E-state index is 9.87. The molecule has 2 heteroatoms. The first-order valence-electron chi connectivity index (χ1n) is 2.28. The van der Waals surface area contributed by atoms with E-state index in [0.29, 0.717) is 5.57 Å². The van der Waals surface area contributed by atoms with Gasteiger partial charge in [-0.05, 0) is 12.2 Å². The molecule has 0 fully saturated rings. The van der Waals surface area contributed by atoms with Crippen LogP contribution in [-0.4, -0.2) is 5.94 Å². The number of dihydropyridines is 1. The Kier molecular flexibility index (Phi) is 1.31. The Morgan fingerprint density at radius 1 is 1.38 bits per heavy atom. The van der Waals surface area contributed by atoms with Gasteiger partial charge in [0.05, 0.1) is 5.57 Å². The molecule has 0 aliphatic carbocycles. The molecular formula is C6H5NO. The minimum Gasteiger partial charge on any atom is -0.368 e. The molecule has 40 valence electrons. The van der Waals surface area contributed by atoms with Crippen LogP contribution in [0.4, 0.5) is 0 Å². The Balaban J connectivity index is 2.84. The Morgan fingerprint density at radius 2 is 2.00 bits per heavy atom. The van der Waals surface area contributed by atoms with Crippen LogP contribution < -0.4 is 5.32 Å². The van der Waals surface area contributed by atoms with Gasteiger partial charge in [0.1, 0.15) is 5.94 Å². The van der Waals surface area contributed by atoms with Crippen molar-refractivity contribution in [3.63, 3.8) is 0 Å². The van der Waals surface area contributed by atoms with Crippen molar-refractivity contribution in [2.45, 2.75) is 0 Å². The Labute approximate surface area is 47.2 Å². The van der Waals surface area contributed by atoms with Crippen molar-refractivity contribution in [1.29, 1.82) is 0 Å². The highest BCUT2D eigenvalue weighted by Gasteiger charge is 1.86. The van der Waals surface area contributed by atoms with E-state index >= 15 is 0 Å². The summed E-state index contributed by atoms with van der Waals surface area (Å²) in [4.78, 5) is 9.87. The molecule has 0 saturated carbocycles.